The van der Waals surface area contributed by atoms with Crippen molar-refractivity contribution in [1.82, 2.24) is 4.57 Å². The molecule has 0 radical (unpaired) electrons. The molecule has 7 aromatic carbocycles. The molecule has 9 rings (SSSR count). The van der Waals surface area contributed by atoms with Crippen LogP contribution in [0.5, 0.6) is 0 Å². The van der Waals surface area contributed by atoms with Crippen LogP contribution in [0, 0.1) is 12.8 Å². The Morgan fingerprint density at radius 1 is 0.564 bits per heavy atom. The molecule has 0 spiro atoms. The van der Waals surface area contributed by atoms with E-state index in [1.54, 1.807) is 0 Å². The van der Waals surface area contributed by atoms with Gasteiger partial charge in [0, 0.05) is 28.3 Å². The monoisotopic (exact) mass is 709 g/mol. The smallest absolute Gasteiger partial charge is 0.0541 e. The van der Waals surface area contributed by atoms with E-state index in [4.69, 9.17) is 0 Å². The fourth-order valence-corrected chi connectivity index (χ4v) is 9.30. The molecule has 1 heterocycles. The largest absolute Gasteiger partial charge is 0.309 e. The lowest BCUT2D eigenvalue weighted by Gasteiger charge is -2.32. The van der Waals surface area contributed by atoms with E-state index in [-0.39, 0.29) is 11.8 Å². The van der Waals surface area contributed by atoms with Crippen LogP contribution in [0.3, 0.4) is 0 Å². The number of aryl methyl sites for hydroxylation is 1. The maximum absolute atomic E-state index is 2.56. The van der Waals surface area contributed by atoms with Gasteiger partial charge in [-0.2, -0.15) is 0 Å². The van der Waals surface area contributed by atoms with Gasteiger partial charge in [-0.3, -0.25) is 0 Å². The number of aromatic nitrogens is 1. The minimum atomic E-state index is 0.192. The molecule has 1 nitrogen and oxygen atoms in total. The van der Waals surface area contributed by atoms with Crippen molar-refractivity contribution in [3.8, 4) is 16.8 Å². The molecule has 0 saturated carbocycles. The zero-order valence-corrected chi connectivity index (χ0v) is 32.0. The van der Waals surface area contributed by atoms with Crippen LogP contribution in [0.15, 0.2) is 188 Å². The first kappa shape index (κ1) is 34.6. The zero-order valence-electron chi connectivity index (χ0n) is 32.0. The molecule has 3 unspecified atom stereocenters. The van der Waals surface area contributed by atoms with Gasteiger partial charge in [-0.1, -0.05) is 178 Å². The second-order valence-corrected chi connectivity index (χ2v) is 15.1. The summed E-state index contributed by atoms with van der Waals surface area (Å²) in [5, 5.41) is 2.56. The Balaban J connectivity index is 1.32. The van der Waals surface area contributed by atoms with Crippen LogP contribution in [-0.2, 0) is 0 Å². The molecular formula is C54H47N. The van der Waals surface area contributed by atoms with E-state index in [2.05, 4.69) is 213 Å². The van der Waals surface area contributed by atoms with Crippen LogP contribution < -0.4 is 0 Å². The van der Waals surface area contributed by atoms with Gasteiger partial charge in [0.15, 0.2) is 0 Å². The highest BCUT2D eigenvalue weighted by atomic mass is 15.0. The number of allylic oxidation sites excluding steroid dienone is 4. The number of hydrogen-bond donors (Lipinski definition) is 0. The van der Waals surface area contributed by atoms with Gasteiger partial charge in [-0.05, 0) is 106 Å². The number of para-hydroxylation sites is 2. The highest BCUT2D eigenvalue weighted by molar-refractivity contribution is 6.09. The highest BCUT2D eigenvalue weighted by Crippen LogP contribution is 2.47. The van der Waals surface area contributed by atoms with Crippen molar-refractivity contribution in [3.63, 3.8) is 0 Å². The van der Waals surface area contributed by atoms with Gasteiger partial charge in [0.1, 0.15) is 0 Å². The Morgan fingerprint density at radius 3 is 1.84 bits per heavy atom. The molecule has 0 amide bonds. The van der Waals surface area contributed by atoms with Gasteiger partial charge < -0.3 is 4.57 Å². The van der Waals surface area contributed by atoms with E-state index in [9.17, 15) is 0 Å². The van der Waals surface area contributed by atoms with E-state index in [1.807, 2.05) is 0 Å². The summed E-state index contributed by atoms with van der Waals surface area (Å²) in [5.74, 6) is 0.820. The van der Waals surface area contributed by atoms with E-state index in [1.165, 1.54) is 83.1 Å². The molecule has 0 saturated heterocycles. The van der Waals surface area contributed by atoms with Gasteiger partial charge >= 0.3 is 0 Å². The predicted molar refractivity (Wildman–Crippen MR) is 235 cm³/mol. The Hall–Kier alpha value is -6.18. The third-order valence-electron chi connectivity index (χ3n) is 11.9. The van der Waals surface area contributed by atoms with Crippen molar-refractivity contribution in [2.24, 2.45) is 5.92 Å². The molecule has 1 aliphatic carbocycles. The molecule has 268 valence electrons. The fourth-order valence-electron chi connectivity index (χ4n) is 9.30. The second kappa shape index (κ2) is 14.9. The van der Waals surface area contributed by atoms with Crippen LogP contribution in [0.2, 0.25) is 0 Å². The summed E-state index contributed by atoms with van der Waals surface area (Å²) in [5.41, 5.74) is 16.9. The Labute approximate surface area is 325 Å². The van der Waals surface area contributed by atoms with Gasteiger partial charge in [-0.15, -0.1) is 0 Å². The maximum Gasteiger partial charge on any atom is 0.0541 e. The lowest BCUT2D eigenvalue weighted by molar-refractivity contribution is 0.577. The third kappa shape index (κ3) is 6.34. The number of benzene rings is 7. The van der Waals surface area contributed by atoms with Crippen LogP contribution >= 0.6 is 0 Å². The first-order valence-electron chi connectivity index (χ1n) is 20.0. The van der Waals surface area contributed by atoms with E-state index in [0.717, 1.165) is 12.8 Å². The minimum absolute atomic E-state index is 0.192. The summed E-state index contributed by atoms with van der Waals surface area (Å²) >= 11 is 0. The lowest BCUT2D eigenvalue weighted by Crippen LogP contribution is -2.16. The number of rotatable bonds is 9. The van der Waals surface area contributed by atoms with Crippen molar-refractivity contribution in [1.29, 1.82) is 0 Å². The third-order valence-corrected chi connectivity index (χ3v) is 11.9. The Morgan fingerprint density at radius 2 is 1.16 bits per heavy atom. The predicted octanol–water partition coefficient (Wildman–Crippen LogP) is 14.6. The van der Waals surface area contributed by atoms with Gasteiger partial charge in [-0.25, -0.2) is 0 Å². The van der Waals surface area contributed by atoms with E-state index < -0.39 is 0 Å². The zero-order chi connectivity index (χ0) is 37.3. The summed E-state index contributed by atoms with van der Waals surface area (Å²) < 4.78 is 2.49. The molecule has 8 aromatic rings. The molecule has 0 N–H and O–H groups in total. The molecule has 0 aliphatic heterocycles. The maximum atomic E-state index is 2.56. The molecular weight excluding hydrogens is 663 g/mol. The normalized spacial score (nSPS) is 16.2. The van der Waals surface area contributed by atoms with Crippen LogP contribution in [0.4, 0.5) is 0 Å². The summed E-state index contributed by atoms with van der Waals surface area (Å²) in [6.07, 6.45) is 7.10. The van der Waals surface area contributed by atoms with Gasteiger partial charge in [0.25, 0.3) is 0 Å². The summed E-state index contributed by atoms with van der Waals surface area (Å²) in [6.45, 7) is 6.92. The lowest BCUT2D eigenvalue weighted by atomic mass is 9.72. The fraction of sp³-hybridized carbons (Fsp3) is 0.148. The van der Waals surface area contributed by atoms with Crippen LogP contribution in [-0.4, -0.2) is 4.57 Å². The van der Waals surface area contributed by atoms with Crippen molar-refractivity contribution >= 4 is 33.0 Å². The van der Waals surface area contributed by atoms with Crippen molar-refractivity contribution in [3.05, 3.63) is 221 Å². The summed E-state index contributed by atoms with van der Waals surface area (Å²) in [4.78, 5) is 0. The minimum Gasteiger partial charge on any atom is -0.309 e. The van der Waals surface area contributed by atoms with Crippen LogP contribution in [0.25, 0.3) is 49.8 Å². The van der Waals surface area contributed by atoms with Crippen molar-refractivity contribution in [2.75, 3.05) is 0 Å². The molecule has 55 heavy (non-hydrogen) atoms. The molecule has 3 atom stereocenters. The topological polar surface area (TPSA) is 4.93 Å². The Bertz CT molecular complexity index is 2640. The number of hydrogen-bond acceptors (Lipinski definition) is 0. The SMILES string of the molecule is CCC(c1cc(C2=CC(c3ccccc3)C(CC)C(c3ccccc3)=C2)cc(-n2c3ccccc3c3ccccc32)c1)c1ccccc1-c1ccccc1C. The average molecular weight is 710 g/mol. The molecule has 1 aliphatic rings. The molecule has 1 heteroatoms. The standard InChI is InChI=1S/C54H47N/c1-4-44(47-26-14-15-27-48(47)46-25-13-12-20-37(46)3)42-32-40(33-43(34-42)55-53-30-18-16-28-49(53)50-29-17-19-31-54(50)55)41-35-51(38-21-8-6-9-22-38)45(5-2)52(36-41)39-23-10-7-11-24-39/h6-36,44-45,51H,4-5H2,1-3H3. The second-order valence-electron chi connectivity index (χ2n) is 15.1. The summed E-state index contributed by atoms with van der Waals surface area (Å²) in [7, 11) is 0. The summed E-state index contributed by atoms with van der Waals surface area (Å²) in [6, 6.07) is 65.2. The number of fused-ring (bicyclic) bond motifs is 3. The first-order chi connectivity index (χ1) is 27.1. The van der Waals surface area contributed by atoms with E-state index in [0.29, 0.717) is 5.92 Å². The first-order valence-corrected chi connectivity index (χ1v) is 20.0. The van der Waals surface area contributed by atoms with Crippen molar-refractivity contribution < 1.29 is 0 Å². The van der Waals surface area contributed by atoms with Gasteiger partial charge in [0.2, 0.25) is 0 Å². The van der Waals surface area contributed by atoms with Crippen molar-refractivity contribution in [2.45, 2.75) is 45.4 Å². The highest BCUT2D eigenvalue weighted by Gasteiger charge is 2.29. The Kier molecular flexibility index (Phi) is 9.38. The molecule has 1 aromatic heterocycles. The van der Waals surface area contributed by atoms with Crippen LogP contribution in [0.1, 0.15) is 71.9 Å². The molecule has 0 bridgehead atoms. The molecule has 0 fully saturated rings. The quantitative estimate of drug-likeness (QED) is 0.141. The van der Waals surface area contributed by atoms with E-state index >= 15 is 0 Å². The van der Waals surface area contributed by atoms with Gasteiger partial charge in [0.05, 0.1) is 11.0 Å². The average Bonchev–Trinajstić information content (AvgIpc) is 3.59. The number of nitrogens with zero attached hydrogens (tertiary/aromatic N) is 1.